The van der Waals surface area contributed by atoms with Crippen LogP contribution in [-0.4, -0.2) is 48.3 Å². The van der Waals surface area contributed by atoms with E-state index >= 15 is 0 Å². The van der Waals surface area contributed by atoms with Crippen LogP contribution in [0.5, 0.6) is 0 Å². The third kappa shape index (κ3) is 3.63. The monoisotopic (exact) mass is 294 g/mol. The molecule has 0 aromatic heterocycles. The number of methoxy groups -OCH3 is 1. The molecule has 2 unspecified atom stereocenters. The van der Waals surface area contributed by atoms with E-state index in [-0.39, 0.29) is 18.5 Å². The Kier molecular flexibility index (Phi) is 4.30. The molecule has 4 nitrogen and oxygen atoms in total. The van der Waals surface area contributed by atoms with Crippen LogP contribution in [0.1, 0.15) is 38.5 Å². The molecule has 0 aromatic rings. The molecule has 2 rings (SSSR count). The van der Waals surface area contributed by atoms with Crippen LogP contribution in [0.4, 0.5) is 13.2 Å². The van der Waals surface area contributed by atoms with E-state index in [0.29, 0.717) is 19.3 Å². The maximum atomic E-state index is 12.7. The van der Waals surface area contributed by atoms with Crippen molar-refractivity contribution in [3.8, 4) is 0 Å². The average Bonchev–Trinajstić information content (AvgIpc) is 3.18. The maximum Gasteiger partial charge on any atom is 0.401 e. The molecule has 0 saturated heterocycles. The Bertz CT molecular complexity index is 371. The summed E-state index contributed by atoms with van der Waals surface area (Å²) in [6, 6.07) is -0.302. The number of nitrogens with two attached hydrogens (primary N) is 1. The zero-order valence-corrected chi connectivity index (χ0v) is 11.6. The highest BCUT2D eigenvalue weighted by Gasteiger charge is 2.47. The van der Waals surface area contributed by atoms with Crippen LogP contribution in [0.25, 0.3) is 0 Å². The van der Waals surface area contributed by atoms with Crippen molar-refractivity contribution in [1.29, 1.82) is 0 Å². The van der Waals surface area contributed by atoms with Crippen LogP contribution in [-0.2, 0) is 9.53 Å². The quantitative estimate of drug-likeness (QED) is 0.804. The highest BCUT2D eigenvalue weighted by Crippen LogP contribution is 2.38. The van der Waals surface area contributed by atoms with E-state index in [4.69, 9.17) is 10.5 Å². The molecule has 2 fully saturated rings. The Morgan fingerprint density at radius 3 is 2.50 bits per heavy atom. The Labute approximate surface area is 116 Å². The van der Waals surface area contributed by atoms with Gasteiger partial charge in [-0.2, -0.15) is 13.2 Å². The van der Waals surface area contributed by atoms with E-state index in [1.807, 2.05) is 0 Å². The van der Waals surface area contributed by atoms with E-state index in [2.05, 4.69) is 0 Å². The molecule has 0 aromatic carbocycles. The van der Waals surface area contributed by atoms with Crippen molar-refractivity contribution in [2.75, 3.05) is 13.7 Å². The molecule has 0 radical (unpaired) electrons. The van der Waals surface area contributed by atoms with Crippen LogP contribution in [0.2, 0.25) is 0 Å². The fraction of sp³-hybridized carbons (Fsp3) is 0.923. The Morgan fingerprint density at radius 1 is 1.35 bits per heavy atom. The molecule has 2 aliphatic rings. The van der Waals surface area contributed by atoms with Gasteiger partial charge in [0.2, 0.25) is 0 Å². The van der Waals surface area contributed by atoms with Crippen LogP contribution in [0.3, 0.4) is 0 Å². The summed E-state index contributed by atoms with van der Waals surface area (Å²) >= 11 is 0. The highest BCUT2D eigenvalue weighted by molar-refractivity contribution is 5.80. The van der Waals surface area contributed by atoms with E-state index in [1.165, 1.54) is 12.0 Å². The van der Waals surface area contributed by atoms with E-state index in [1.54, 1.807) is 0 Å². The second-order valence-corrected chi connectivity index (χ2v) is 5.92. The minimum absolute atomic E-state index is 0.0124. The van der Waals surface area contributed by atoms with Crippen LogP contribution < -0.4 is 5.73 Å². The Hall–Kier alpha value is -0.820. The summed E-state index contributed by atoms with van der Waals surface area (Å²) in [5.74, 6) is -0.523. The number of ether oxygens (including phenoxy) is 1. The van der Waals surface area contributed by atoms with Crippen molar-refractivity contribution in [2.24, 2.45) is 5.73 Å². The van der Waals surface area contributed by atoms with Gasteiger partial charge in [-0.1, -0.05) is 0 Å². The lowest BCUT2D eigenvalue weighted by atomic mass is 9.79. The molecule has 0 spiro atoms. The third-order valence-corrected chi connectivity index (χ3v) is 4.20. The molecule has 0 bridgehead atoms. The van der Waals surface area contributed by atoms with Crippen molar-refractivity contribution in [1.82, 2.24) is 4.90 Å². The summed E-state index contributed by atoms with van der Waals surface area (Å²) in [4.78, 5) is 13.2. The number of hydrogen-bond donors (Lipinski definition) is 1. The summed E-state index contributed by atoms with van der Waals surface area (Å²) in [5, 5.41) is 0. The molecular weight excluding hydrogens is 273 g/mol. The first-order valence-corrected chi connectivity index (χ1v) is 6.95. The summed E-state index contributed by atoms with van der Waals surface area (Å²) in [5.41, 5.74) is 4.90. The molecule has 2 atom stereocenters. The van der Waals surface area contributed by atoms with Gasteiger partial charge in [-0.3, -0.25) is 9.69 Å². The van der Waals surface area contributed by atoms with E-state index < -0.39 is 24.2 Å². The van der Waals surface area contributed by atoms with Gasteiger partial charge in [-0.15, -0.1) is 0 Å². The number of hydrogen-bond acceptors (Lipinski definition) is 4. The fourth-order valence-electron chi connectivity index (χ4n) is 3.12. The van der Waals surface area contributed by atoms with Crippen LogP contribution >= 0.6 is 0 Å². The van der Waals surface area contributed by atoms with Gasteiger partial charge >= 0.3 is 12.1 Å². The zero-order valence-electron chi connectivity index (χ0n) is 11.6. The van der Waals surface area contributed by atoms with Crippen LogP contribution in [0, 0.1) is 0 Å². The normalized spacial score (nSPS) is 31.4. The zero-order chi connectivity index (χ0) is 15.0. The first-order valence-electron chi connectivity index (χ1n) is 6.95. The summed E-state index contributed by atoms with van der Waals surface area (Å²) in [7, 11) is 1.26. The van der Waals surface area contributed by atoms with Gasteiger partial charge < -0.3 is 10.5 Å². The first-order chi connectivity index (χ1) is 9.25. The predicted octanol–water partition coefficient (Wildman–Crippen LogP) is 1.83. The second-order valence-electron chi connectivity index (χ2n) is 5.92. The summed E-state index contributed by atoms with van der Waals surface area (Å²) in [6.45, 7) is -0.917. The molecule has 116 valence electrons. The lowest BCUT2D eigenvalue weighted by Crippen LogP contribution is -2.57. The molecule has 2 N–H and O–H groups in total. The van der Waals surface area contributed by atoms with Crippen LogP contribution in [0.15, 0.2) is 0 Å². The van der Waals surface area contributed by atoms with Gasteiger partial charge in [0.25, 0.3) is 0 Å². The number of alkyl halides is 3. The fourth-order valence-corrected chi connectivity index (χ4v) is 3.12. The van der Waals surface area contributed by atoms with E-state index in [9.17, 15) is 18.0 Å². The first kappa shape index (κ1) is 15.6. The number of carbonyl (C=O) groups is 1. The van der Waals surface area contributed by atoms with Gasteiger partial charge in [0, 0.05) is 12.1 Å². The Morgan fingerprint density at radius 2 is 2.00 bits per heavy atom. The molecule has 0 heterocycles. The highest BCUT2D eigenvalue weighted by atomic mass is 19.4. The SMILES string of the molecule is COC(=O)C1(N)CCCC(N(CC(F)(F)F)C2CC2)C1. The van der Waals surface area contributed by atoms with Gasteiger partial charge in [0.15, 0.2) is 0 Å². The van der Waals surface area contributed by atoms with Crippen molar-refractivity contribution in [3.05, 3.63) is 0 Å². The van der Waals surface area contributed by atoms with Crippen molar-refractivity contribution in [2.45, 2.75) is 62.3 Å². The van der Waals surface area contributed by atoms with Gasteiger partial charge in [0.1, 0.15) is 5.54 Å². The van der Waals surface area contributed by atoms with E-state index in [0.717, 1.165) is 12.8 Å². The standard InChI is InChI=1S/C13H21F3N2O2/c1-20-11(19)12(17)6-2-3-10(7-12)18(9-4-5-9)8-13(14,15)16/h9-10H,2-8,17H2,1H3. The molecular formula is C13H21F3N2O2. The lowest BCUT2D eigenvalue weighted by molar-refractivity contribution is -0.158. The average molecular weight is 294 g/mol. The number of esters is 1. The van der Waals surface area contributed by atoms with Crippen molar-refractivity contribution in [3.63, 3.8) is 0 Å². The Balaban J connectivity index is 2.07. The van der Waals surface area contributed by atoms with Gasteiger partial charge in [-0.25, -0.2) is 0 Å². The minimum Gasteiger partial charge on any atom is -0.468 e. The smallest absolute Gasteiger partial charge is 0.401 e. The molecule has 7 heteroatoms. The third-order valence-electron chi connectivity index (χ3n) is 4.20. The lowest BCUT2D eigenvalue weighted by Gasteiger charge is -2.41. The van der Waals surface area contributed by atoms with Gasteiger partial charge in [0.05, 0.1) is 13.7 Å². The van der Waals surface area contributed by atoms with Crippen molar-refractivity contribution < 1.29 is 22.7 Å². The molecule has 2 aliphatic carbocycles. The summed E-state index contributed by atoms with van der Waals surface area (Å²) in [6.07, 6.45) is -0.611. The molecule has 2 saturated carbocycles. The largest absolute Gasteiger partial charge is 0.468 e. The molecule has 0 amide bonds. The number of carbonyl (C=O) groups excluding carboxylic acids is 1. The predicted molar refractivity (Wildman–Crippen MR) is 67.0 cm³/mol. The number of rotatable bonds is 4. The topological polar surface area (TPSA) is 55.6 Å². The minimum atomic E-state index is -4.22. The summed E-state index contributed by atoms with van der Waals surface area (Å²) < 4.78 is 42.8. The van der Waals surface area contributed by atoms with Crippen molar-refractivity contribution >= 4 is 5.97 Å². The van der Waals surface area contributed by atoms with Gasteiger partial charge in [-0.05, 0) is 38.5 Å². The molecule has 0 aliphatic heterocycles. The maximum absolute atomic E-state index is 12.7. The number of nitrogens with zero attached hydrogens (tertiary/aromatic N) is 1. The molecule has 20 heavy (non-hydrogen) atoms. The number of halogens is 3. The second kappa shape index (κ2) is 5.52.